The third-order valence-electron chi connectivity index (χ3n) is 11.8. The first-order chi connectivity index (χ1) is 29.7. The van der Waals surface area contributed by atoms with E-state index in [1.54, 1.807) is 6.20 Å². The van der Waals surface area contributed by atoms with Gasteiger partial charge in [-0.1, -0.05) is 171 Å². The summed E-state index contributed by atoms with van der Waals surface area (Å²) in [4.78, 5) is 9.53. The van der Waals surface area contributed by atoms with Gasteiger partial charge in [-0.2, -0.15) is 0 Å². The second kappa shape index (κ2) is 18.0. The average Bonchev–Trinajstić information content (AvgIpc) is 3.88. The number of pyridine rings is 1. The summed E-state index contributed by atoms with van der Waals surface area (Å²) in [7, 11) is -2.07. The van der Waals surface area contributed by atoms with Gasteiger partial charge in [-0.25, -0.2) is 0 Å². The van der Waals surface area contributed by atoms with E-state index < -0.39 is 8.07 Å². The molecule has 309 valence electrons. The molecule has 0 fully saturated rings. The van der Waals surface area contributed by atoms with Crippen LogP contribution in [0.3, 0.4) is 0 Å². The van der Waals surface area contributed by atoms with Crippen LogP contribution in [0.1, 0.15) is 50.7 Å². The fraction of sp³-hybridized carbons (Fsp3) is 0.143. The molecule has 62 heavy (non-hydrogen) atoms. The summed E-state index contributed by atoms with van der Waals surface area (Å²) in [6.07, 6.45) is 1.79. The molecule has 10 aromatic rings. The Bertz CT molecular complexity index is 3030. The number of imidazole rings is 1. The van der Waals surface area contributed by atoms with Crippen LogP contribution in [-0.4, -0.2) is 22.6 Å². The summed E-state index contributed by atoms with van der Waals surface area (Å²) in [5.41, 5.74) is 13.0. The second-order valence-electron chi connectivity index (χ2n) is 16.8. The van der Waals surface area contributed by atoms with Crippen LogP contribution in [0.5, 0.6) is 0 Å². The molecule has 4 nitrogen and oxygen atoms in total. The maximum atomic E-state index is 6.55. The Labute approximate surface area is 379 Å². The van der Waals surface area contributed by atoms with Gasteiger partial charge in [-0.05, 0) is 64.0 Å². The normalized spacial score (nSPS) is 11.5. The van der Waals surface area contributed by atoms with E-state index in [0.29, 0.717) is 0 Å². The first-order valence-corrected chi connectivity index (χ1v) is 24.2. The molecule has 0 atom stereocenters. The van der Waals surface area contributed by atoms with Gasteiger partial charge in [0.25, 0.3) is 0 Å². The fourth-order valence-electron chi connectivity index (χ4n) is 8.41. The van der Waals surface area contributed by atoms with Crippen molar-refractivity contribution < 1.29 is 24.5 Å². The van der Waals surface area contributed by atoms with Gasteiger partial charge in [0.15, 0.2) is 0 Å². The van der Waals surface area contributed by atoms with E-state index in [4.69, 9.17) is 9.40 Å². The third kappa shape index (κ3) is 8.14. The molecular weight excluding hydrogens is 951 g/mol. The molecule has 0 unspecified atom stereocenters. The molecule has 3 heterocycles. The van der Waals surface area contributed by atoms with Crippen molar-refractivity contribution in [3.63, 3.8) is 0 Å². The van der Waals surface area contributed by atoms with E-state index in [2.05, 4.69) is 172 Å². The molecule has 0 N–H and O–H groups in total. The SMILES string of the molecule is CC(C)c1cc([Si](C)(C)c2ccc(-c3ccccc3)cc2)cc(C(C)C)c1-n1c(-c2[c-]ccc3c2oc2ccccc23)nc2ccccc21.[Ir].[c-]1ccccc1-c1ccccn1. The molecule has 6 heteroatoms. The number of para-hydroxylation sites is 3. The van der Waals surface area contributed by atoms with E-state index >= 15 is 0 Å². The molecule has 0 aliphatic rings. The van der Waals surface area contributed by atoms with Crippen molar-refractivity contribution in [2.24, 2.45) is 0 Å². The molecule has 0 spiro atoms. The number of nitrogens with zero attached hydrogens (tertiary/aromatic N) is 3. The summed E-state index contributed by atoms with van der Waals surface area (Å²) >= 11 is 0. The zero-order chi connectivity index (χ0) is 42.1. The van der Waals surface area contributed by atoms with Crippen molar-refractivity contribution in [1.82, 2.24) is 14.5 Å². The Morgan fingerprint density at radius 2 is 1.26 bits per heavy atom. The summed E-state index contributed by atoms with van der Waals surface area (Å²) in [6, 6.07) is 66.2. The van der Waals surface area contributed by atoms with Crippen molar-refractivity contribution in [2.75, 3.05) is 0 Å². The molecule has 0 bridgehead atoms. The summed E-state index contributed by atoms with van der Waals surface area (Å²) in [5, 5.41) is 5.07. The fourth-order valence-corrected chi connectivity index (χ4v) is 10.8. The van der Waals surface area contributed by atoms with E-state index in [-0.39, 0.29) is 31.9 Å². The van der Waals surface area contributed by atoms with Crippen molar-refractivity contribution in [2.45, 2.75) is 52.6 Å². The Balaban J connectivity index is 0.000000350. The molecule has 3 aromatic heterocycles. The van der Waals surface area contributed by atoms with Crippen molar-refractivity contribution in [3.05, 3.63) is 199 Å². The number of fused-ring (bicyclic) bond motifs is 4. The molecule has 7 aromatic carbocycles. The molecule has 10 rings (SSSR count). The number of benzene rings is 7. The summed E-state index contributed by atoms with van der Waals surface area (Å²) < 4.78 is 8.94. The van der Waals surface area contributed by atoms with Crippen molar-refractivity contribution in [1.29, 1.82) is 0 Å². The molecule has 0 saturated heterocycles. The van der Waals surface area contributed by atoms with Gasteiger partial charge in [-0.3, -0.25) is 4.98 Å². The van der Waals surface area contributed by atoms with Gasteiger partial charge in [0.2, 0.25) is 0 Å². The van der Waals surface area contributed by atoms with Crippen LogP contribution >= 0.6 is 0 Å². The Morgan fingerprint density at radius 1 is 0.597 bits per heavy atom. The maximum Gasteiger partial charge on any atom is 0.120 e. The van der Waals surface area contributed by atoms with Crippen LogP contribution in [0.15, 0.2) is 180 Å². The average molecular weight is 1000 g/mol. The van der Waals surface area contributed by atoms with Gasteiger partial charge in [-0.15, -0.1) is 54.1 Å². The van der Waals surface area contributed by atoms with Crippen molar-refractivity contribution in [3.8, 4) is 39.5 Å². The van der Waals surface area contributed by atoms with Crippen LogP contribution in [-0.2, 0) is 20.1 Å². The van der Waals surface area contributed by atoms with Crippen LogP contribution in [0, 0.1) is 12.1 Å². The molecule has 0 saturated carbocycles. The van der Waals surface area contributed by atoms with Gasteiger partial charge < -0.3 is 14.0 Å². The number of furan rings is 1. The zero-order valence-corrected chi connectivity index (χ0v) is 39.4. The second-order valence-corrected chi connectivity index (χ2v) is 21.2. The molecule has 0 amide bonds. The number of hydrogen-bond donors (Lipinski definition) is 0. The molecule has 1 radical (unpaired) electrons. The third-order valence-corrected chi connectivity index (χ3v) is 15.4. The minimum absolute atomic E-state index is 0. The van der Waals surface area contributed by atoms with Crippen LogP contribution in [0.4, 0.5) is 0 Å². The molecule has 0 aliphatic carbocycles. The Kier molecular flexibility index (Phi) is 12.4. The minimum Gasteiger partial charge on any atom is -0.501 e. The number of rotatable bonds is 8. The quantitative estimate of drug-likeness (QED) is 0.113. The number of hydrogen-bond acceptors (Lipinski definition) is 3. The van der Waals surface area contributed by atoms with Crippen LogP contribution in [0.25, 0.3) is 72.4 Å². The molecule has 0 aliphatic heterocycles. The monoisotopic (exact) mass is 1000 g/mol. The zero-order valence-electron chi connectivity index (χ0n) is 36.0. The van der Waals surface area contributed by atoms with E-state index in [0.717, 1.165) is 55.6 Å². The Hall–Kier alpha value is -6.17. The van der Waals surface area contributed by atoms with Gasteiger partial charge in [0.05, 0.1) is 22.4 Å². The predicted octanol–water partition coefficient (Wildman–Crippen LogP) is 13.7. The first-order valence-electron chi connectivity index (χ1n) is 21.2. The molecular formula is C56H49IrN3OSi-2. The van der Waals surface area contributed by atoms with Crippen LogP contribution in [0.2, 0.25) is 13.1 Å². The van der Waals surface area contributed by atoms with Gasteiger partial charge in [0, 0.05) is 37.4 Å². The van der Waals surface area contributed by atoms with E-state index in [1.807, 2.05) is 60.7 Å². The topological polar surface area (TPSA) is 43.9 Å². The number of aromatic nitrogens is 3. The van der Waals surface area contributed by atoms with E-state index in [9.17, 15) is 0 Å². The standard InChI is InChI=1S/C45H41N2OSi.C11H8N.Ir/c1-29(2)38-27-34(49(5,6)33-25-23-32(24-26-33)31-15-8-7-9-16-31)28-39(30(3)4)43(38)47-41-21-12-11-20-40(41)46-45(47)37-19-14-18-36-35-17-10-13-22-42(35)48-44(36)37;1-2-6-10(7-3-1)11-8-4-5-9-12-11;/h7-18,20-30H,1-6H3;1-6,8-9H;/q2*-1;. The van der Waals surface area contributed by atoms with Gasteiger partial charge in [0.1, 0.15) is 13.7 Å². The summed E-state index contributed by atoms with van der Waals surface area (Å²) in [5.74, 6) is 1.44. The largest absolute Gasteiger partial charge is 0.501 e. The summed E-state index contributed by atoms with van der Waals surface area (Å²) in [6.45, 7) is 14.3. The smallest absolute Gasteiger partial charge is 0.120 e. The Morgan fingerprint density at radius 3 is 1.95 bits per heavy atom. The van der Waals surface area contributed by atoms with Gasteiger partial charge >= 0.3 is 0 Å². The predicted molar refractivity (Wildman–Crippen MR) is 258 cm³/mol. The van der Waals surface area contributed by atoms with Crippen LogP contribution < -0.4 is 10.4 Å². The maximum absolute atomic E-state index is 6.55. The first kappa shape index (κ1) is 42.5. The van der Waals surface area contributed by atoms with Crippen molar-refractivity contribution >= 4 is 51.4 Å². The minimum atomic E-state index is -2.07. The van der Waals surface area contributed by atoms with E-state index in [1.165, 1.54) is 38.3 Å².